The van der Waals surface area contributed by atoms with Crippen molar-refractivity contribution in [1.82, 2.24) is 5.32 Å². The lowest BCUT2D eigenvalue weighted by atomic mass is 10.0. The lowest BCUT2D eigenvalue weighted by Gasteiger charge is -2.07. The van der Waals surface area contributed by atoms with Gasteiger partial charge < -0.3 is 5.32 Å². The van der Waals surface area contributed by atoms with Gasteiger partial charge in [0, 0.05) is 6.42 Å². The number of thioether (sulfide) groups is 2. The van der Waals surface area contributed by atoms with E-state index in [-0.39, 0.29) is 11.7 Å². The van der Waals surface area contributed by atoms with Crippen molar-refractivity contribution in [3.8, 4) is 0 Å². The van der Waals surface area contributed by atoms with Crippen molar-refractivity contribution < 1.29 is 9.59 Å². The maximum absolute atomic E-state index is 12.3. The average molecular weight is 293 g/mol. The van der Waals surface area contributed by atoms with Crippen molar-refractivity contribution in [2.75, 3.05) is 12.5 Å². The van der Waals surface area contributed by atoms with Crippen LogP contribution >= 0.6 is 23.5 Å². The van der Waals surface area contributed by atoms with Crippen LogP contribution in [-0.2, 0) is 16.0 Å². The van der Waals surface area contributed by atoms with Crippen LogP contribution in [0.15, 0.2) is 40.1 Å². The maximum Gasteiger partial charge on any atom is 0.257 e. The molecule has 1 atom stereocenters. The summed E-state index contributed by atoms with van der Waals surface area (Å²) in [6, 6.07) is 9.30. The average Bonchev–Trinajstić information content (AvgIpc) is 2.69. The fourth-order valence-corrected chi connectivity index (χ4v) is 3.52. The topological polar surface area (TPSA) is 46.2 Å². The van der Waals surface area contributed by atoms with Gasteiger partial charge in [0.2, 0.25) is 0 Å². The molecule has 0 aromatic heterocycles. The van der Waals surface area contributed by atoms with Crippen molar-refractivity contribution >= 4 is 35.2 Å². The van der Waals surface area contributed by atoms with E-state index in [1.54, 1.807) is 0 Å². The van der Waals surface area contributed by atoms with E-state index >= 15 is 0 Å². The second kappa shape index (κ2) is 6.30. The molecule has 0 unspecified atom stereocenters. The van der Waals surface area contributed by atoms with Crippen LogP contribution in [0.5, 0.6) is 0 Å². The Bertz CT molecular complexity index is 520. The van der Waals surface area contributed by atoms with Crippen LogP contribution in [0.2, 0.25) is 0 Å². The predicted octanol–water partition coefficient (Wildman–Crippen LogP) is 2.23. The molecule has 5 heteroatoms. The van der Waals surface area contributed by atoms with Gasteiger partial charge in [-0.05, 0) is 18.1 Å². The van der Waals surface area contributed by atoms with Gasteiger partial charge in [0.25, 0.3) is 5.91 Å². The fraction of sp³-hybridized carbons (Fsp3) is 0.286. The molecule has 1 aliphatic heterocycles. The zero-order chi connectivity index (χ0) is 13.8. The molecule has 100 valence electrons. The summed E-state index contributed by atoms with van der Waals surface area (Å²) in [4.78, 5) is 24.2. The highest BCUT2D eigenvalue weighted by atomic mass is 32.2. The highest BCUT2D eigenvalue weighted by molar-refractivity contribution is 8.21. The number of rotatable bonds is 4. The Morgan fingerprint density at radius 2 is 1.79 bits per heavy atom. The fourth-order valence-electron chi connectivity index (χ4n) is 2.06. The molecule has 0 radical (unpaired) electrons. The third kappa shape index (κ3) is 3.04. The molecule has 0 saturated carbocycles. The molecule has 1 aromatic carbocycles. The minimum absolute atomic E-state index is 0.0902. The monoisotopic (exact) mass is 293 g/mol. The molecule has 0 bridgehead atoms. The first-order valence-electron chi connectivity index (χ1n) is 5.88. The van der Waals surface area contributed by atoms with Gasteiger partial charge in [0.05, 0.1) is 10.3 Å². The zero-order valence-electron chi connectivity index (χ0n) is 10.8. The quantitative estimate of drug-likeness (QED) is 0.683. The number of Topliss-reactive ketones (excluding diaryl/α,β-unsaturated/α-hetero) is 1. The van der Waals surface area contributed by atoms with Crippen molar-refractivity contribution in [3.05, 3.63) is 45.7 Å². The van der Waals surface area contributed by atoms with Crippen LogP contribution in [0.25, 0.3) is 0 Å². The minimum Gasteiger partial charge on any atom is -0.341 e. The van der Waals surface area contributed by atoms with Crippen LogP contribution in [0.1, 0.15) is 5.56 Å². The lowest BCUT2D eigenvalue weighted by molar-refractivity contribution is -0.117. The molecule has 1 N–H and O–H groups in total. The summed E-state index contributed by atoms with van der Waals surface area (Å²) in [6.45, 7) is 0. The normalized spacial score (nSPS) is 18.6. The molecule has 1 aromatic rings. The Kier molecular flexibility index (Phi) is 4.71. The molecular weight excluding hydrogens is 278 g/mol. The largest absolute Gasteiger partial charge is 0.341 e. The summed E-state index contributed by atoms with van der Waals surface area (Å²) < 4.78 is 0.790. The van der Waals surface area contributed by atoms with Crippen LogP contribution < -0.4 is 5.32 Å². The molecular formula is C14H15NO2S2. The predicted molar refractivity (Wildman–Crippen MR) is 81.1 cm³/mol. The van der Waals surface area contributed by atoms with E-state index < -0.39 is 6.04 Å². The SMILES string of the molecule is CSC(SC)=C1C(=O)N[C@@H](Cc2ccccc2)C1=O. The zero-order valence-corrected chi connectivity index (χ0v) is 12.4. The van der Waals surface area contributed by atoms with Crippen molar-refractivity contribution in [2.24, 2.45) is 0 Å². The highest BCUT2D eigenvalue weighted by Gasteiger charge is 2.37. The molecule has 1 aliphatic rings. The first kappa shape index (κ1) is 14.2. The summed E-state index contributed by atoms with van der Waals surface area (Å²) in [5.41, 5.74) is 1.37. The van der Waals surface area contributed by atoms with Crippen molar-refractivity contribution in [2.45, 2.75) is 12.5 Å². The third-order valence-electron chi connectivity index (χ3n) is 2.95. The van der Waals surface area contributed by atoms with Crippen LogP contribution in [0, 0.1) is 0 Å². The van der Waals surface area contributed by atoms with Crippen molar-refractivity contribution in [3.63, 3.8) is 0 Å². The third-order valence-corrected chi connectivity index (χ3v) is 5.10. The van der Waals surface area contributed by atoms with Gasteiger partial charge in [-0.3, -0.25) is 9.59 Å². The van der Waals surface area contributed by atoms with E-state index in [4.69, 9.17) is 0 Å². The van der Waals surface area contributed by atoms with Crippen LogP contribution in [0.3, 0.4) is 0 Å². The summed E-state index contributed by atoms with van der Waals surface area (Å²) >= 11 is 2.89. The Labute approximate surface area is 121 Å². The molecule has 1 amide bonds. The molecule has 3 nitrogen and oxygen atoms in total. The Morgan fingerprint density at radius 3 is 2.37 bits per heavy atom. The number of amides is 1. The van der Waals surface area contributed by atoms with Crippen LogP contribution in [-0.4, -0.2) is 30.2 Å². The second-order valence-corrected chi connectivity index (χ2v) is 6.04. The van der Waals surface area contributed by atoms with E-state index in [1.807, 2.05) is 42.8 Å². The molecule has 0 aliphatic carbocycles. The molecule has 1 fully saturated rings. The molecule has 1 heterocycles. The van der Waals surface area contributed by atoms with Gasteiger partial charge in [0.1, 0.15) is 5.57 Å². The molecule has 19 heavy (non-hydrogen) atoms. The Balaban J connectivity index is 2.21. The summed E-state index contributed by atoms with van der Waals surface area (Å²) in [6.07, 6.45) is 4.30. The van der Waals surface area contributed by atoms with Gasteiger partial charge in [-0.15, -0.1) is 23.5 Å². The maximum atomic E-state index is 12.3. The van der Waals surface area contributed by atoms with E-state index in [9.17, 15) is 9.59 Å². The number of hydrogen-bond acceptors (Lipinski definition) is 4. The Hall–Kier alpha value is -1.20. The Morgan fingerprint density at radius 1 is 1.16 bits per heavy atom. The molecule has 0 spiro atoms. The van der Waals surface area contributed by atoms with Crippen LogP contribution in [0.4, 0.5) is 0 Å². The van der Waals surface area contributed by atoms with E-state index in [2.05, 4.69) is 5.32 Å². The first-order valence-corrected chi connectivity index (χ1v) is 8.33. The number of ketones is 1. The second-order valence-electron chi connectivity index (χ2n) is 4.15. The summed E-state index contributed by atoms with van der Waals surface area (Å²) in [5.74, 6) is -0.336. The number of carbonyl (C=O) groups excluding carboxylic acids is 2. The van der Waals surface area contributed by atoms with Gasteiger partial charge in [-0.2, -0.15) is 0 Å². The molecule has 2 rings (SSSR count). The van der Waals surface area contributed by atoms with E-state index in [0.29, 0.717) is 12.0 Å². The number of hydrogen-bond donors (Lipinski definition) is 1. The standard InChI is InChI=1S/C14H15NO2S2/c1-18-14(19-2)11-12(16)10(15-13(11)17)8-9-6-4-3-5-7-9/h3-7,10H,8H2,1-2H3,(H,15,17)/t10-/m0/s1. The number of benzene rings is 1. The van der Waals surface area contributed by atoms with E-state index in [1.165, 1.54) is 23.5 Å². The lowest BCUT2D eigenvalue weighted by Crippen LogP contribution is -2.31. The van der Waals surface area contributed by atoms with Gasteiger partial charge in [0.15, 0.2) is 5.78 Å². The number of nitrogens with one attached hydrogen (secondary N) is 1. The summed E-state index contributed by atoms with van der Waals surface area (Å²) in [5, 5.41) is 2.78. The van der Waals surface area contributed by atoms with Gasteiger partial charge >= 0.3 is 0 Å². The first-order chi connectivity index (χ1) is 9.17. The highest BCUT2D eigenvalue weighted by Crippen LogP contribution is 2.31. The number of carbonyl (C=O) groups is 2. The van der Waals surface area contributed by atoms with E-state index in [0.717, 1.165) is 9.80 Å². The minimum atomic E-state index is -0.431. The van der Waals surface area contributed by atoms with Gasteiger partial charge in [-0.1, -0.05) is 30.3 Å². The van der Waals surface area contributed by atoms with Gasteiger partial charge in [-0.25, -0.2) is 0 Å². The smallest absolute Gasteiger partial charge is 0.257 e. The molecule has 1 saturated heterocycles. The van der Waals surface area contributed by atoms with Crippen molar-refractivity contribution in [1.29, 1.82) is 0 Å². The summed E-state index contributed by atoms with van der Waals surface area (Å²) in [7, 11) is 0.